The first-order valence-electron chi connectivity index (χ1n) is 7.37. The smallest absolute Gasteiger partial charge is 0.263 e. The third kappa shape index (κ3) is 3.11. The molecule has 0 saturated heterocycles. The van der Waals surface area contributed by atoms with Crippen molar-refractivity contribution in [2.24, 2.45) is 0 Å². The van der Waals surface area contributed by atoms with E-state index in [2.05, 4.69) is 9.82 Å². The molecule has 124 valence electrons. The van der Waals surface area contributed by atoms with Crippen LogP contribution in [0.1, 0.15) is 11.1 Å². The molecule has 0 saturated carbocycles. The van der Waals surface area contributed by atoms with Gasteiger partial charge in [0.1, 0.15) is 5.82 Å². The normalized spacial score (nSPS) is 11.4. The van der Waals surface area contributed by atoms with E-state index >= 15 is 0 Å². The molecule has 24 heavy (non-hydrogen) atoms. The van der Waals surface area contributed by atoms with Crippen LogP contribution in [0.3, 0.4) is 0 Å². The summed E-state index contributed by atoms with van der Waals surface area (Å²) in [7, 11) is -3.72. The highest BCUT2D eigenvalue weighted by molar-refractivity contribution is 7.92. The summed E-state index contributed by atoms with van der Waals surface area (Å²) >= 11 is 0. The fourth-order valence-electron chi connectivity index (χ4n) is 2.36. The number of nitrogens with one attached hydrogen (secondary N) is 1. The van der Waals surface area contributed by atoms with Crippen LogP contribution in [0.25, 0.3) is 5.69 Å². The number of aryl methyl sites for hydroxylation is 2. The highest BCUT2D eigenvalue weighted by atomic mass is 32.2. The lowest BCUT2D eigenvalue weighted by Gasteiger charge is -2.13. The van der Waals surface area contributed by atoms with E-state index < -0.39 is 10.0 Å². The summed E-state index contributed by atoms with van der Waals surface area (Å²) in [4.78, 5) is 0.144. The maximum atomic E-state index is 12.6. The highest BCUT2D eigenvalue weighted by Gasteiger charge is 2.17. The molecular formula is C17H18N4O2S. The molecule has 7 heteroatoms. The largest absolute Gasteiger partial charge is 0.399 e. The number of hydrogen-bond acceptors (Lipinski definition) is 4. The number of benzene rings is 2. The van der Waals surface area contributed by atoms with E-state index in [1.165, 1.54) is 12.1 Å². The Labute approximate surface area is 141 Å². The van der Waals surface area contributed by atoms with E-state index in [1.807, 2.05) is 32.0 Å². The second-order valence-electron chi connectivity index (χ2n) is 5.59. The average molecular weight is 342 g/mol. The Balaban J connectivity index is 1.99. The van der Waals surface area contributed by atoms with Gasteiger partial charge >= 0.3 is 0 Å². The minimum absolute atomic E-state index is 0.144. The van der Waals surface area contributed by atoms with Crippen molar-refractivity contribution >= 4 is 21.5 Å². The zero-order valence-corrected chi connectivity index (χ0v) is 14.2. The molecule has 2 aromatic carbocycles. The molecule has 0 aliphatic carbocycles. The number of sulfonamides is 1. The van der Waals surface area contributed by atoms with Crippen LogP contribution in [0.5, 0.6) is 0 Å². The van der Waals surface area contributed by atoms with Gasteiger partial charge in [0, 0.05) is 11.8 Å². The van der Waals surface area contributed by atoms with Crippen LogP contribution in [0.4, 0.5) is 11.5 Å². The Morgan fingerprint density at radius 1 is 1.04 bits per heavy atom. The molecule has 1 heterocycles. The number of nitrogen functional groups attached to an aromatic ring is 1. The Hall–Kier alpha value is -2.80. The summed E-state index contributed by atoms with van der Waals surface area (Å²) in [6, 6.07) is 13.6. The van der Waals surface area contributed by atoms with E-state index in [-0.39, 0.29) is 4.90 Å². The van der Waals surface area contributed by atoms with Crippen LogP contribution in [0, 0.1) is 13.8 Å². The molecule has 0 atom stereocenters. The van der Waals surface area contributed by atoms with Gasteiger partial charge in [-0.15, -0.1) is 0 Å². The van der Waals surface area contributed by atoms with Gasteiger partial charge in [-0.1, -0.05) is 12.1 Å². The fraction of sp³-hybridized carbons (Fsp3) is 0.118. The second kappa shape index (κ2) is 6.01. The van der Waals surface area contributed by atoms with E-state index in [9.17, 15) is 8.42 Å². The fourth-order valence-corrected chi connectivity index (χ4v) is 3.41. The van der Waals surface area contributed by atoms with Crippen LogP contribution >= 0.6 is 0 Å². The van der Waals surface area contributed by atoms with Crippen LogP contribution in [0.2, 0.25) is 0 Å². The summed E-state index contributed by atoms with van der Waals surface area (Å²) in [5.41, 5.74) is 9.01. The van der Waals surface area contributed by atoms with E-state index in [4.69, 9.17) is 5.73 Å². The van der Waals surface area contributed by atoms with Gasteiger partial charge in [-0.3, -0.25) is 4.72 Å². The van der Waals surface area contributed by atoms with E-state index in [0.717, 1.165) is 16.8 Å². The molecule has 0 amide bonds. The van der Waals surface area contributed by atoms with Crippen molar-refractivity contribution in [3.63, 3.8) is 0 Å². The van der Waals surface area contributed by atoms with E-state index in [1.54, 1.807) is 29.1 Å². The summed E-state index contributed by atoms with van der Waals surface area (Å²) < 4.78 is 29.3. The number of nitrogens with two attached hydrogens (primary N) is 1. The van der Waals surface area contributed by atoms with Gasteiger partial charge in [0.25, 0.3) is 10.0 Å². The number of anilines is 2. The van der Waals surface area contributed by atoms with Crippen molar-refractivity contribution in [1.29, 1.82) is 0 Å². The van der Waals surface area contributed by atoms with Crippen LogP contribution in [0.15, 0.2) is 59.6 Å². The first kappa shape index (κ1) is 16.1. The third-order valence-electron chi connectivity index (χ3n) is 3.66. The van der Waals surface area contributed by atoms with Gasteiger partial charge in [0.2, 0.25) is 0 Å². The minimum Gasteiger partial charge on any atom is -0.399 e. The number of nitrogens with zero attached hydrogens (tertiary/aromatic N) is 2. The summed E-state index contributed by atoms with van der Waals surface area (Å²) in [5.74, 6) is 0.375. The standard InChI is InChI=1S/C17H18N4O2S/c1-12-3-4-13(2)16(11-12)21-17(9-10-19-21)20-24(22,23)15-7-5-14(18)6-8-15/h3-11,20H,18H2,1-2H3. The van der Waals surface area contributed by atoms with Crippen LogP contribution in [-0.4, -0.2) is 18.2 Å². The van der Waals surface area contributed by atoms with Gasteiger partial charge in [-0.05, 0) is 55.3 Å². The predicted octanol–water partition coefficient (Wildman–Crippen LogP) is 2.87. The molecule has 0 aliphatic heterocycles. The van der Waals surface area contributed by atoms with Gasteiger partial charge in [-0.25, -0.2) is 13.1 Å². The lowest BCUT2D eigenvalue weighted by atomic mass is 10.1. The van der Waals surface area contributed by atoms with Crippen LogP contribution < -0.4 is 10.5 Å². The molecular weight excluding hydrogens is 324 g/mol. The number of rotatable bonds is 4. The van der Waals surface area contributed by atoms with Crippen molar-refractivity contribution in [2.75, 3.05) is 10.5 Å². The van der Waals surface area contributed by atoms with Crippen molar-refractivity contribution in [1.82, 2.24) is 9.78 Å². The lowest BCUT2D eigenvalue weighted by Crippen LogP contribution is -2.16. The van der Waals surface area contributed by atoms with Gasteiger partial charge in [0.05, 0.1) is 16.8 Å². The Morgan fingerprint density at radius 2 is 1.75 bits per heavy atom. The summed E-state index contributed by atoms with van der Waals surface area (Å²) in [5, 5.41) is 4.25. The van der Waals surface area contributed by atoms with Crippen molar-refractivity contribution in [2.45, 2.75) is 18.7 Å². The minimum atomic E-state index is -3.72. The Morgan fingerprint density at radius 3 is 2.46 bits per heavy atom. The quantitative estimate of drug-likeness (QED) is 0.713. The van der Waals surface area contributed by atoms with Gasteiger partial charge in [-0.2, -0.15) is 5.10 Å². The van der Waals surface area contributed by atoms with Gasteiger partial charge in [0.15, 0.2) is 0 Å². The molecule has 3 aromatic rings. The molecule has 0 unspecified atom stereocenters. The monoisotopic (exact) mass is 342 g/mol. The van der Waals surface area contributed by atoms with Crippen molar-refractivity contribution in [3.05, 3.63) is 65.9 Å². The first-order valence-corrected chi connectivity index (χ1v) is 8.85. The SMILES string of the molecule is Cc1ccc(C)c(-n2nccc2NS(=O)(=O)c2ccc(N)cc2)c1. The molecule has 3 rings (SSSR count). The van der Waals surface area contributed by atoms with Crippen molar-refractivity contribution < 1.29 is 8.42 Å². The Bertz CT molecular complexity index is 976. The molecule has 0 fully saturated rings. The molecule has 3 N–H and O–H groups in total. The maximum Gasteiger partial charge on any atom is 0.263 e. The second-order valence-corrected chi connectivity index (χ2v) is 7.28. The number of hydrogen-bond donors (Lipinski definition) is 2. The van der Waals surface area contributed by atoms with Gasteiger partial charge < -0.3 is 5.73 Å². The predicted molar refractivity (Wildman–Crippen MR) is 94.7 cm³/mol. The van der Waals surface area contributed by atoms with Crippen LogP contribution in [-0.2, 0) is 10.0 Å². The summed E-state index contributed by atoms with van der Waals surface area (Å²) in [6.45, 7) is 3.93. The van der Waals surface area contributed by atoms with E-state index in [0.29, 0.717) is 11.5 Å². The molecule has 6 nitrogen and oxygen atoms in total. The molecule has 0 aliphatic rings. The third-order valence-corrected chi connectivity index (χ3v) is 5.04. The zero-order chi connectivity index (χ0) is 17.3. The average Bonchev–Trinajstić information content (AvgIpc) is 2.97. The van der Waals surface area contributed by atoms with Crippen molar-refractivity contribution in [3.8, 4) is 5.69 Å². The lowest BCUT2D eigenvalue weighted by molar-refractivity contribution is 0.600. The maximum absolute atomic E-state index is 12.6. The topological polar surface area (TPSA) is 90.0 Å². The molecule has 0 spiro atoms. The number of aromatic nitrogens is 2. The molecule has 1 aromatic heterocycles. The first-order chi connectivity index (χ1) is 11.4. The summed E-state index contributed by atoms with van der Waals surface area (Å²) in [6.07, 6.45) is 1.56. The zero-order valence-electron chi connectivity index (χ0n) is 13.4. The Kier molecular flexibility index (Phi) is 4.02. The highest BCUT2D eigenvalue weighted by Crippen LogP contribution is 2.22. The molecule has 0 radical (unpaired) electrons. The molecule has 0 bridgehead atoms.